The number of nitrogen functional groups attached to an aromatic ring is 1. The van der Waals surface area contributed by atoms with Crippen LogP contribution in [0, 0.1) is 11.7 Å². The van der Waals surface area contributed by atoms with Gasteiger partial charge in [0.1, 0.15) is 5.82 Å². The zero-order valence-electron chi connectivity index (χ0n) is 15.2. The first-order valence-electron chi connectivity index (χ1n) is 8.49. The number of nitrogens with zero attached hydrogens (tertiary/aromatic N) is 1. The van der Waals surface area contributed by atoms with Gasteiger partial charge in [-0.25, -0.2) is 14.1 Å². The molecule has 0 aliphatic heterocycles. The van der Waals surface area contributed by atoms with E-state index < -0.39 is 17.8 Å². The number of anilines is 2. The summed E-state index contributed by atoms with van der Waals surface area (Å²) in [6, 6.07) is 10.6. The SMILES string of the molecule is CCc1ccc(N(C(=O)OCC(C)C)C(=O)c2ccccc2N)cc1F. The Morgan fingerprint density at radius 2 is 1.88 bits per heavy atom. The van der Waals surface area contributed by atoms with Crippen molar-refractivity contribution in [3.8, 4) is 0 Å². The first-order valence-corrected chi connectivity index (χ1v) is 8.49. The summed E-state index contributed by atoms with van der Waals surface area (Å²) in [5.41, 5.74) is 6.83. The Morgan fingerprint density at radius 3 is 2.46 bits per heavy atom. The summed E-state index contributed by atoms with van der Waals surface area (Å²) in [4.78, 5) is 26.3. The standard InChI is InChI=1S/C20H23FN2O3/c1-4-14-9-10-15(11-17(14)21)23(20(25)26-12-13(2)3)19(24)16-7-5-6-8-18(16)22/h5-11,13H,4,12,22H2,1-3H3. The highest BCUT2D eigenvalue weighted by atomic mass is 19.1. The first kappa shape index (κ1) is 19.4. The van der Waals surface area contributed by atoms with Crippen molar-refractivity contribution in [1.82, 2.24) is 0 Å². The van der Waals surface area contributed by atoms with Crippen LogP contribution in [-0.2, 0) is 11.2 Å². The number of halogens is 1. The average molecular weight is 358 g/mol. The summed E-state index contributed by atoms with van der Waals surface area (Å²) in [7, 11) is 0. The third-order valence-corrected chi connectivity index (χ3v) is 3.79. The van der Waals surface area contributed by atoms with E-state index in [1.165, 1.54) is 12.1 Å². The van der Waals surface area contributed by atoms with Crippen LogP contribution >= 0.6 is 0 Å². The van der Waals surface area contributed by atoms with Crippen LogP contribution < -0.4 is 10.6 Å². The lowest BCUT2D eigenvalue weighted by molar-refractivity contribution is 0.0955. The number of hydrogen-bond acceptors (Lipinski definition) is 4. The number of carbonyl (C=O) groups is 2. The second-order valence-electron chi connectivity index (χ2n) is 6.33. The maximum absolute atomic E-state index is 14.2. The molecule has 2 rings (SSSR count). The molecule has 0 aliphatic carbocycles. The molecule has 0 radical (unpaired) electrons. The van der Waals surface area contributed by atoms with Gasteiger partial charge in [0, 0.05) is 5.69 Å². The van der Waals surface area contributed by atoms with Gasteiger partial charge in [-0.2, -0.15) is 0 Å². The zero-order valence-corrected chi connectivity index (χ0v) is 15.2. The van der Waals surface area contributed by atoms with Gasteiger partial charge in [-0.1, -0.05) is 39.0 Å². The molecule has 0 fully saturated rings. The van der Waals surface area contributed by atoms with Crippen molar-refractivity contribution < 1.29 is 18.7 Å². The van der Waals surface area contributed by atoms with Crippen LogP contribution in [-0.4, -0.2) is 18.6 Å². The summed E-state index contributed by atoms with van der Waals surface area (Å²) in [5, 5.41) is 0. The second kappa shape index (κ2) is 8.47. The van der Waals surface area contributed by atoms with Crippen molar-refractivity contribution in [2.75, 3.05) is 17.2 Å². The highest BCUT2D eigenvalue weighted by molar-refractivity contribution is 6.20. The second-order valence-corrected chi connectivity index (χ2v) is 6.33. The molecule has 2 amide bonds. The zero-order chi connectivity index (χ0) is 19.3. The molecular formula is C20H23FN2O3. The van der Waals surface area contributed by atoms with Gasteiger partial charge in [-0.15, -0.1) is 0 Å². The smallest absolute Gasteiger partial charge is 0.421 e. The number of benzene rings is 2. The molecule has 0 saturated carbocycles. The van der Waals surface area contributed by atoms with Crippen molar-refractivity contribution in [2.45, 2.75) is 27.2 Å². The minimum atomic E-state index is -0.865. The maximum atomic E-state index is 14.2. The molecule has 26 heavy (non-hydrogen) atoms. The van der Waals surface area contributed by atoms with E-state index in [0.29, 0.717) is 12.0 Å². The molecule has 0 aromatic heterocycles. The Labute approximate surface area is 152 Å². The van der Waals surface area contributed by atoms with Crippen LogP contribution in [0.25, 0.3) is 0 Å². The molecule has 2 N–H and O–H groups in total. The van der Waals surface area contributed by atoms with Gasteiger partial charge < -0.3 is 10.5 Å². The lowest BCUT2D eigenvalue weighted by Crippen LogP contribution is -2.38. The largest absolute Gasteiger partial charge is 0.449 e. The van der Waals surface area contributed by atoms with Crippen molar-refractivity contribution in [2.24, 2.45) is 5.92 Å². The number of para-hydroxylation sites is 1. The fourth-order valence-electron chi connectivity index (χ4n) is 2.38. The lowest BCUT2D eigenvalue weighted by Gasteiger charge is -2.22. The summed E-state index contributed by atoms with van der Waals surface area (Å²) < 4.78 is 19.4. The fourth-order valence-corrected chi connectivity index (χ4v) is 2.38. The van der Waals surface area contributed by atoms with Gasteiger partial charge in [0.25, 0.3) is 5.91 Å². The van der Waals surface area contributed by atoms with E-state index in [-0.39, 0.29) is 29.5 Å². The Kier molecular flexibility index (Phi) is 6.33. The molecule has 0 heterocycles. The minimum absolute atomic E-state index is 0.0944. The van der Waals surface area contributed by atoms with E-state index in [1.807, 2.05) is 20.8 Å². The van der Waals surface area contributed by atoms with Crippen molar-refractivity contribution in [1.29, 1.82) is 0 Å². The number of amides is 2. The summed E-state index contributed by atoms with van der Waals surface area (Å²) in [5.74, 6) is -1.06. The summed E-state index contributed by atoms with van der Waals surface area (Å²) in [6.07, 6.45) is -0.362. The van der Waals surface area contributed by atoms with E-state index in [4.69, 9.17) is 10.5 Å². The van der Waals surface area contributed by atoms with Crippen molar-refractivity contribution >= 4 is 23.4 Å². The number of rotatable bonds is 5. The van der Waals surface area contributed by atoms with Gasteiger partial charge >= 0.3 is 6.09 Å². The van der Waals surface area contributed by atoms with Gasteiger partial charge in [0.15, 0.2) is 0 Å². The van der Waals surface area contributed by atoms with Crippen LogP contribution in [0.4, 0.5) is 20.6 Å². The van der Waals surface area contributed by atoms with Gasteiger partial charge in [-0.05, 0) is 42.2 Å². The molecular weight excluding hydrogens is 335 g/mol. The molecule has 138 valence electrons. The topological polar surface area (TPSA) is 72.6 Å². The normalized spacial score (nSPS) is 10.7. The van der Waals surface area contributed by atoms with Gasteiger partial charge in [-0.3, -0.25) is 4.79 Å². The summed E-state index contributed by atoms with van der Waals surface area (Å²) >= 11 is 0. The fraction of sp³-hybridized carbons (Fsp3) is 0.300. The number of imide groups is 1. The number of hydrogen-bond donors (Lipinski definition) is 1. The van der Waals surface area contributed by atoms with Crippen molar-refractivity contribution in [3.05, 3.63) is 59.4 Å². The summed E-state index contributed by atoms with van der Waals surface area (Å²) in [6.45, 7) is 5.72. The molecule has 0 saturated heterocycles. The first-order chi connectivity index (χ1) is 12.3. The third-order valence-electron chi connectivity index (χ3n) is 3.79. The van der Waals surface area contributed by atoms with Crippen LogP contribution in [0.15, 0.2) is 42.5 Å². The van der Waals surface area contributed by atoms with Crippen LogP contribution in [0.2, 0.25) is 0 Å². The highest BCUT2D eigenvalue weighted by Gasteiger charge is 2.28. The van der Waals surface area contributed by atoms with Crippen LogP contribution in [0.1, 0.15) is 36.7 Å². The molecule has 0 atom stereocenters. The third kappa shape index (κ3) is 4.39. The highest BCUT2D eigenvalue weighted by Crippen LogP contribution is 2.24. The number of ether oxygens (including phenoxy) is 1. The van der Waals surface area contributed by atoms with Gasteiger partial charge in [0.2, 0.25) is 0 Å². The molecule has 6 heteroatoms. The molecule has 2 aromatic rings. The van der Waals surface area contributed by atoms with E-state index in [2.05, 4.69) is 0 Å². The Hall–Kier alpha value is -2.89. The Bertz CT molecular complexity index is 805. The Balaban J connectivity index is 2.45. The molecule has 0 unspecified atom stereocenters. The van der Waals surface area contributed by atoms with Crippen LogP contribution in [0.3, 0.4) is 0 Å². The quantitative estimate of drug-likeness (QED) is 0.804. The van der Waals surface area contributed by atoms with E-state index in [1.54, 1.807) is 24.3 Å². The van der Waals surface area contributed by atoms with Gasteiger partial charge in [0.05, 0.1) is 17.9 Å². The molecule has 0 spiro atoms. The number of nitrogens with two attached hydrogens (primary N) is 1. The maximum Gasteiger partial charge on any atom is 0.421 e. The molecule has 0 aliphatic rings. The van der Waals surface area contributed by atoms with E-state index >= 15 is 0 Å². The number of aryl methyl sites for hydroxylation is 1. The Morgan fingerprint density at radius 1 is 1.19 bits per heavy atom. The average Bonchev–Trinajstić information content (AvgIpc) is 2.60. The van der Waals surface area contributed by atoms with Crippen molar-refractivity contribution in [3.63, 3.8) is 0 Å². The molecule has 5 nitrogen and oxygen atoms in total. The van der Waals surface area contributed by atoms with Crippen LogP contribution in [0.5, 0.6) is 0 Å². The molecule has 0 bridgehead atoms. The minimum Gasteiger partial charge on any atom is -0.449 e. The monoisotopic (exact) mass is 358 g/mol. The number of carbonyl (C=O) groups excluding carboxylic acids is 2. The van der Waals surface area contributed by atoms with E-state index in [0.717, 1.165) is 11.0 Å². The van der Waals surface area contributed by atoms with E-state index in [9.17, 15) is 14.0 Å². The lowest BCUT2D eigenvalue weighted by atomic mass is 10.1. The predicted molar refractivity (Wildman–Crippen MR) is 99.6 cm³/mol. The predicted octanol–water partition coefficient (Wildman–Crippen LogP) is 4.41. The molecule has 2 aromatic carbocycles.